The number of hydrogen-bond acceptors (Lipinski definition) is 5. The van der Waals surface area contributed by atoms with E-state index in [1.807, 2.05) is 0 Å². The van der Waals surface area contributed by atoms with Crippen LogP contribution in [0, 0.1) is 0 Å². The van der Waals surface area contributed by atoms with E-state index in [2.05, 4.69) is 4.98 Å². The minimum atomic E-state index is -3.80. The summed E-state index contributed by atoms with van der Waals surface area (Å²) in [5.41, 5.74) is -7.72. The molecule has 0 atom stereocenters. The third kappa shape index (κ3) is 3.93. The molecule has 0 radical (unpaired) electrons. The lowest BCUT2D eigenvalue weighted by atomic mass is 10.0. The van der Waals surface area contributed by atoms with E-state index >= 15 is 0 Å². The number of rotatable bonds is 8. The summed E-state index contributed by atoms with van der Waals surface area (Å²) in [6, 6.07) is 0. The number of aliphatic hydroxyl groups is 1. The summed E-state index contributed by atoms with van der Waals surface area (Å²) in [7, 11) is 0. The average molecular weight is 351 g/mol. The molecule has 2 heterocycles. The van der Waals surface area contributed by atoms with Crippen molar-refractivity contribution in [1.82, 2.24) is 18.7 Å². The molecule has 24 heavy (non-hydrogen) atoms. The van der Waals surface area contributed by atoms with Gasteiger partial charge in [-0.3, -0.25) is 13.9 Å². The Kier molecular flexibility index (Phi) is 2.29. The summed E-state index contributed by atoms with van der Waals surface area (Å²) in [6.45, 7) is -12.6. The SMILES string of the molecule is [2H]C([2H])([2H])n1c(=O)n(CCCC([2H])([2H])C(O)(C([2H])([2H])[2H])C([2H])([2H])[2H])c(=O)c2c1ncn2C([2H])([2H])OCC. The van der Waals surface area contributed by atoms with Gasteiger partial charge >= 0.3 is 5.69 Å². The fourth-order valence-corrected chi connectivity index (χ4v) is 2.03. The van der Waals surface area contributed by atoms with Crippen molar-refractivity contribution < 1.29 is 27.7 Å². The third-order valence-corrected chi connectivity index (χ3v) is 3.08. The molecule has 0 amide bonds. The van der Waals surface area contributed by atoms with E-state index in [1.54, 1.807) is 0 Å². The highest BCUT2D eigenvalue weighted by molar-refractivity contribution is 5.69. The first-order valence-corrected chi connectivity index (χ1v) is 7.06. The normalized spacial score (nSPS) is 23.0. The summed E-state index contributed by atoms with van der Waals surface area (Å²) in [5.74, 6) is 0. The summed E-state index contributed by atoms with van der Waals surface area (Å²) >= 11 is 0. The molecule has 0 bridgehead atoms. The van der Waals surface area contributed by atoms with Crippen molar-refractivity contribution in [3.8, 4) is 0 Å². The average Bonchev–Trinajstić information content (AvgIpc) is 3.12. The van der Waals surface area contributed by atoms with Gasteiger partial charge in [0, 0.05) is 35.2 Å². The van der Waals surface area contributed by atoms with E-state index in [0.717, 1.165) is 6.33 Å². The van der Waals surface area contributed by atoms with Gasteiger partial charge in [-0.2, -0.15) is 0 Å². The number of imidazole rings is 1. The molecule has 0 saturated heterocycles. The van der Waals surface area contributed by atoms with Crippen molar-refractivity contribution in [1.29, 1.82) is 0 Å². The largest absolute Gasteiger partial charge is 0.390 e. The molecule has 0 fully saturated rings. The van der Waals surface area contributed by atoms with Crippen LogP contribution < -0.4 is 11.2 Å². The highest BCUT2D eigenvalue weighted by atomic mass is 16.5. The van der Waals surface area contributed by atoms with Crippen molar-refractivity contribution in [3.05, 3.63) is 27.2 Å². The lowest BCUT2D eigenvalue weighted by molar-refractivity contribution is 0.0678. The van der Waals surface area contributed by atoms with Gasteiger partial charge in [0.25, 0.3) is 5.56 Å². The lowest BCUT2D eigenvalue weighted by Crippen LogP contribution is -2.39. The van der Waals surface area contributed by atoms with Crippen molar-refractivity contribution >= 4 is 11.2 Å². The first-order chi connectivity index (χ1) is 16.5. The molecule has 0 saturated carbocycles. The van der Waals surface area contributed by atoms with E-state index in [4.69, 9.17) is 22.6 Å². The van der Waals surface area contributed by atoms with Crippen LogP contribution in [-0.2, 0) is 24.9 Å². The quantitative estimate of drug-likeness (QED) is 0.761. The van der Waals surface area contributed by atoms with Crippen LogP contribution in [-0.4, -0.2) is 36.0 Å². The minimum Gasteiger partial charge on any atom is -0.390 e. The number of ether oxygens (including phenoxy) is 1. The Morgan fingerprint density at radius 1 is 1.42 bits per heavy atom. The van der Waals surface area contributed by atoms with Gasteiger partial charge in [-0.05, 0) is 39.8 Å². The molecule has 0 aliphatic heterocycles. The van der Waals surface area contributed by atoms with Crippen LogP contribution in [0.1, 0.15) is 57.7 Å². The Balaban J connectivity index is 2.64. The number of aromatic nitrogens is 4. The standard InChI is InChI=1S/C16H26N4O4/c1-5-24-11-19-10-17-13-12(19)14(21)20(15(22)18(13)4)9-7-6-8-16(2,3)23/h10,23H,5-9,11H2,1-4H3/i2D3,3D3,4D3,8D2,11D2. The Hall–Kier alpha value is -1.93. The van der Waals surface area contributed by atoms with Crippen molar-refractivity contribution in [2.45, 2.75) is 58.7 Å². The summed E-state index contributed by atoms with van der Waals surface area (Å²) in [5, 5.41) is 10.5. The number of aryl methyl sites for hydroxylation is 1. The summed E-state index contributed by atoms with van der Waals surface area (Å²) < 4.78 is 106. The third-order valence-electron chi connectivity index (χ3n) is 3.08. The van der Waals surface area contributed by atoms with Gasteiger partial charge in [-0.25, -0.2) is 9.78 Å². The number of hydrogen-bond donors (Lipinski definition) is 1. The molecule has 0 unspecified atom stereocenters. The summed E-state index contributed by atoms with van der Waals surface area (Å²) in [4.78, 5) is 29.9. The van der Waals surface area contributed by atoms with Crippen LogP contribution in [0.4, 0.5) is 0 Å². The van der Waals surface area contributed by atoms with Gasteiger partial charge in [0.1, 0.15) is 6.68 Å². The number of nitrogens with zero attached hydrogens (tertiary/aromatic N) is 4. The molecule has 2 rings (SSSR count). The van der Waals surface area contributed by atoms with Gasteiger partial charge in [0.2, 0.25) is 0 Å². The molecule has 0 aliphatic carbocycles. The highest BCUT2D eigenvalue weighted by Crippen LogP contribution is 2.12. The van der Waals surface area contributed by atoms with E-state index in [-0.39, 0.29) is 11.2 Å². The molecule has 1 N–H and O–H groups in total. The molecular weight excluding hydrogens is 312 g/mol. The molecule has 0 spiro atoms. The fraction of sp³-hybridized carbons (Fsp3) is 0.688. The number of fused-ring (bicyclic) bond motifs is 1. The maximum atomic E-state index is 13.2. The topological polar surface area (TPSA) is 91.3 Å². The molecule has 8 heteroatoms. The van der Waals surface area contributed by atoms with Crippen molar-refractivity contribution in [3.63, 3.8) is 0 Å². The van der Waals surface area contributed by atoms with Gasteiger partial charge in [-0.15, -0.1) is 0 Å². The predicted octanol–water partition coefficient (Wildman–Crippen LogP) is 0.832. The van der Waals surface area contributed by atoms with Crippen LogP contribution >= 0.6 is 0 Å². The van der Waals surface area contributed by atoms with E-state index in [0.29, 0.717) is 9.13 Å². The first kappa shape index (κ1) is 7.53. The first-order valence-electron chi connectivity index (χ1n) is 13.6. The molecule has 8 nitrogen and oxygen atoms in total. The Labute approximate surface area is 158 Å². The Bertz CT molecular complexity index is 1240. The van der Waals surface area contributed by atoms with Gasteiger partial charge < -0.3 is 14.4 Å². The maximum Gasteiger partial charge on any atom is 0.332 e. The highest BCUT2D eigenvalue weighted by Gasteiger charge is 2.16. The van der Waals surface area contributed by atoms with Gasteiger partial charge in [0.15, 0.2) is 11.2 Å². The minimum absolute atomic E-state index is 0.148. The molecule has 0 aromatic carbocycles. The van der Waals surface area contributed by atoms with Crippen LogP contribution in [0.15, 0.2) is 15.9 Å². The lowest BCUT2D eigenvalue weighted by Gasteiger charge is -2.16. The Morgan fingerprint density at radius 3 is 2.88 bits per heavy atom. The van der Waals surface area contributed by atoms with Crippen LogP contribution in [0.2, 0.25) is 0 Å². The molecule has 2 aromatic rings. The zero-order valence-corrected chi connectivity index (χ0v) is 12.9. The summed E-state index contributed by atoms with van der Waals surface area (Å²) in [6.07, 6.45) is -4.04. The predicted molar refractivity (Wildman–Crippen MR) is 91.0 cm³/mol. The van der Waals surface area contributed by atoms with E-state index in [9.17, 15) is 14.7 Å². The second-order valence-electron chi connectivity index (χ2n) is 4.88. The monoisotopic (exact) mass is 351 g/mol. The fourth-order valence-electron chi connectivity index (χ4n) is 2.03. The van der Waals surface area contributed by atoms with E-state index < -0.39 is 81.1 Å². The second kappa shape index (κ2) is 7.31. The van der Waals surface area contributed by atoms with Crippen molar-refractivity contribution in [2.75, 3.05) is 6.61 Å². The zero-order valence-electron chi connectivity index (χ0n) is 25.9. The smallest absolute Gasteiger partial charge is 0.332 e. The van der Waals surface area contributed by atoms with Crippen LogP contribution in [0.3, 0.4) is 0 Å². The maximum absolute atomic E-state index is 13.2. The zero-order chi connectivity index (χ0) is 29.0. The molecular formula is C16H26N4O4. The Morgan fingerprint density at radius 2 is 2.21 bits per heavy atom. The van der Waals surface area contributed by atoms with Crippen LogP contribution in [0.25, 0.3) is 11.2 Å². The van der Waals surface area contributed by atoms with Gasteiger partial charge in [0.05, 0.1) is 14.7 Å². The van der Waals surface area contributed by atoms with Crippen molar-refractivity contribution in [2.24, 2.45) is 6.98 Å². The molecule has 134 valence electrons. The van der Waals surface area contributed by atoms with E-state index in [1.165, 1.54) is 6.92 Å². The second-order valence-corrected chi connectivity index (χ2v) is 4.88. The van der Waals surface area contributed by atoms with Gasteiger partial charge in [-0.1, -0.05) is 0 Å². The molecule has 2 aromatic heterocycles. The molecule has 0 aliphatic rings. The van der Waals surface area contributed by atoms with Crippen LogP contribution in [0.5, 0.6) is 0 Å².